The molecule has 4 rings (SSSR count). The van der Waals surface area contributed by atoms with Gasteiger partial charge in [0.1, 0.15) is 17.8 Å². The zero-order valence-corrected chi connectivity index (χ0v) is 19.0. The lowest BCUT2D eigenvalue weighted by atomic mass is 10.0. The van der Waals surface area contributed by atoms with Crippen LogP contribution >= 0.6 is 0 Å². The molecule has 1 aliphatic rings. The van der Waals surface area contributed by atoms with Gasteiger partial charge in [-0.25, -0.2) is 8.51 Å². The van der Waals surface area contributed by atoms with Crippen LogP contribution in [0.1, 0.15) is 30.9 Å². The van der Waals surface area contributed by atoms with Crippen molar-refractivity contribution in [2.24, 2.45) is 0 Å². The molecule has 164 valence electrons. The summed E-state index contributed by atoms with van der Waals surface area (Å²) in [6.45, 7) is 11.1. The molecule has 31 heavy (non-hydrogen) atoms. The first-order valence-electron chi connectivity index (χ1n) is 10.2. The molecular weight excluding hydrogens is 412 g/mol. The maximum atomic E-state index is 12.9. The van der Waals surface area contributed by atoms with Crippen molar-refractivity contribution >= 4 is 23.8 Å². The molecule has 3 aromatic rings. The van der Waals surface area contributed by atoms with Crippen molar-refractivity contribution < 1.29 is 13.5 Å². The van der Waals surface area contributed by atoms with Crippen molar-refractivity contribution in [3.05, 3.63) is 59.7 Å². The molecule has 8 heteroatoms. The van der Waals surface area contributed by atoms with Crippen LogP contribution in [0.25, 0.3) is 11.4 Å². The summed E-state index contributed by atoms with van der Waals surface area (Å²) in [5.41, 5.74) is 3.40. The highest BCUT2D eigenvalue weighted by atomic mass is 32.2. The van der Waals surface area contributed by atoms with E-state index in [2.05, 4.69) is 41.0 Å². The Morgan fingerprint density at radius 2 is 1.58 bits per heavy atom. The van der Waals surface area contributed by atoms with E-state index in [9.17, 15) is 4.21 Å². The first-order valence-corrected chi connectivity index (χ1v) is 11.3. The second-order valence-electron chi connectivity index (χ2n) is 7.66. The fraction of sp³-hybridized carbons (Fsp3) is 0.348. The number of hydrogen-bond donors (Lipinski definition) is 0. The van der Waals surface area contributed by atoms with E-state index in [0.717, 1.165) is 10.5 Å². The van der Waals surface area contributed by atoms with Gasteiger partial charge in [0, 0.05) is 31.7 Å². The van der Waals surface area contributed by atoms with E-state index in [1.807, 2.05) is 54.4 Å². The van der Waals surface area contributed by atoms with Gasteiger partial charge < -0.3 is 14.2 Å². The van der Waals surface area contributed by atoms with Crippen LogP contribution in [-0.4, -0.2) is 51.6 Å². The van der Waals surface area contributed by atoms with Gasteiger partial charge in [0.2, 0.25) is 5.82 Å². The molecule has 0 spiro atoms. The number of carbonyl (C=O) groups is 1. The van der Waals surface area contributed by atoms with Gasteiger partial charge in [-0.05, 0) is 30.5 Å². The third-order valence-electron chi connectivity index (χ3n) is 5.22. The fourth-order valence-electron chi connectivity index (χ4n) is 3.33. The Labute approximate surface area is 185 Å². The average molecular weight is 441 g/mol. The number of rotatable bonds is 5. The van der Waals surface area contributed by atoms with Crippen molar-refractivity contribution in [3.63, 3.8) is 0 Å². The Morgan fingerprint density at radius 1 is 0.968 bits per heavy atom. The Balaban J connectivity index is 0.00000132. The number of benzene rings is 2. The van der Waals surface area contributed by atoms with Crippen molar-refractivity contribution in [2.45, 2.75) is 31.6 Å². The molecule has 2 heterocycles. The van der Waals surface area contributed by atoms with Crippen LogP contribution in [0.3, 0.4) is 0 Å². The second kappa shape index (κ2) is 10.5. The van der Waals surface area contributed by atoms with E-state index >= 15 is 0 Å². The van der Waals surface area contributed by atoms with E-state index in [1.165, 1.54) is 11.1 Å². The van der Waals surface area contributed by atoms with Gasteiger partial charge in [-0.1, -0.05) is 61.0 Å². The first-order chi connectivity index (χ1) is 15.0. The molecule has 1 unspecified atom stereocenters. The largest absolute Gasteiger partial charge is 0.324 e. The third-order valence-corrected chi connectivity index (χ3v) is 6.73. The lowest BCUT2D eigenvalue weighted by Crippen LogP contribution is -2.47. The zero-order valence-electron chi connectivity index (χ0n) is 18.2. The Kier molecular flexibility index (Phi) is 7.70. The molecule has 1 aromatic heterocycles. The Bertz CT molecular complexity index is 994. The molecule has 2 aromatic carbocycles. The molecule has 1 aliphatic heterocycles. The average Bonchev–Trinajstić information content (AvgIpc) is 3.31. The van der Waals surface area contributed by atoms with E-state index in [0.29, 0.717) is 43.9 Å². The standard InChI is InChI=1S/C22H26N4O2S.CH2O/c1-16(2)18-8-10-20(11-9-18)29(27)26-14-12-25(13-15-26)22-23-21(24-28-22)19-6-4-17(3)5-7-19;1-2/h4-11,16H,12-15H2,1-3H3;1H2. The van der Waals surface area contributed by atoms with Gasteiger partial charge in [0.15, 0.2) is 0 Å². The summed E-state index contributed by atoms with van der Waals surface area (Å²) >= 11 is 0. The number of aromatic nitrogens is 2. The summed E-state index contributed by atoms with van der Waals surface area (Å²) in [7, 11) is -1.15. The molecule has 0 bridgehead atoms. The number of aryl methyl sites for hydroxylation is 1. The lowest BCUT2D eigenvalue weighted by molar-refractivity contribution is -0.0979. The van der Waals surface area contributed by atoms with Crippen LogP contribution < -0.4 is 4.90 Å². The van der Waals surface area contributed by atoms with Gasteiger partial charge in [0.05, 0.1) is 4.90 Å². The number of carbonyl (C=O) groups excluding carboxylic acids is 1. The summed E-state index contributed by atoms with van der Waals surface area (Å²) in [5, 5.41) is 4.11. The van der Waals surface area contributed by atoms with Crippen molar-refractivity contribution in [1.82, 2.24) is 14.4 Å². The molecule has 1 fully saturated rings. The second-order valence-corrected chi connectivity index (χ2v) is 9.14. The minimum atomic E-state index is -1.15. The molecule has 1 atom stereocenters. The summed E-state index contributed by atoms with van der Waals surface area (Å²) in [6, 6.07) is 16.7. The molecule has 7 nitrogen and oxygen atoms in total. The van der Waals surface area contributed by atoms with Crippen molar-refractivity contribution in [1.29, 1.82) is 0 Å². The molecule has 0 N–H and O–H groups in total. The smallest absolute Gasteiger partial charge is 0.322 e. The zero-order chi connectivity index (χ0) is 22.4. The maximum absolute atomic E-state index is 12.9. The van der Waals surface area contributed by atoms with Crippen LogP contribution in [0.4, 0.5) is 6.01 Å². The highest BCUT2D eigenvalue weighted by Gasteiger charge is 2.25. The normalized spacial score (nSPS) is 15.4. The SMILES string of the molecule is C=O.Cc1ccc(-c2noc(N3CCN(S(=O)c4ccc(C(C)C)cc4)CC3)n2)cc1. The molecule has 0 radical (unpaired) electrons. The number of piperazine rings is 1. The predicted octanol–water partition coefficient (Wildman–Crippen LogP) is 3.83. The minimum absolute atomic E-state index is 0.472. The van der Waals surface area contributed by atoms with Crippen LogP contribution in [-0.2, 0) is 15.8 Å². The number of anilines is 1. The first kappa shape index (κ1) is 22.8. The van der Waals surface area contributed by atoms with E-state index < -0.39 is 11.0 Å². The third kappa shape index (κ3) is 5.45. The monoisotopic (exact) mass is 440 g/mol. The minimum Gasteiger partial charge on any atom is -0.322 e. The molecule has 0 amide bonds. The van der Waals surface area contributed by atoms with Crippen LogP contribution in [0.15, 0.2) is 57.9 Å². The van der Waals surface area contributed by atoms with E-state index in [-0.39, 0.29) is 0 Å². The molecule has 0 saturated carbocycles. The quantitative estimate of drug-likeness (QED) is 0.600. The molecule has 1 saturated heterocycles. The maximum Gasteiger partial charge on any atom is 0.324 e. The summed E-state index contributed by atoms with van der Waals surface area (Å²) in [6.07, 6.45) is 0. The Hall–Kier alpha value is -2.84. The number of nitrogens with zero attached hydrogens (tertiary/aromatic N) is 4. The van der Waals surface area contributed by atoms with Gasteiger partial charge in [-0.3, -0.25) is 0 Å². The van der Waals surface area contributed by atoms with Crippen LogP contribution in [0.5, 0.6) is 0 Å². The lowest BCUT2D eigenvalue weighted by Gasteiger charge is -2.32. The highest BCUT2D eigenvalue weighted by Crippen LogP contribution is 2.23. The van der Waals surface area contributed by atoms with Gasteiger partial charge >= 0.3 is 6.01 Å². The summed E-state index contributed by atoms with van der Waals surface area (Å²) in [4.78, 5) is 15.4. The fourth-order valence-corrected chi connectivity index (χ4v) is 4.49. The summed E-state index contributed by atoms with van der Waals surface area (Å²) in [5.74, 6) is 1.07. The van der Waals surface area contributed by atoms with Gasteiger partial charge in [-0.2, -0.15) is 4.98 Å². The summed E-state index contributed by atoms with van der Waals surface area (Å²) < 4.78 is 20.4. The van der Waals surface area contributed by atoms with Gasteiger partial charge in [0.25, 0.3) is 0 Å². The predicted molar refractivity (Wildman–Crippen MR) is 122 cm³/mol. The van der Waals surface area contributed by atoms with Crippen LogP contribution in [0, 0.1) is 6.92 Å². The van der Waals surface area contributed by atoms with Gasteiger partial charge in [-0.15, -0.1) is 0 Å². The topological polar surface area (TPSA) is 79.5 Å². The van der Waals surface area contributed by atoms with Crippen molar-refractivity contribution in [2.75, 3.05) is 31.1 Å². The molecular formula is C23H28N4O3S. The molecule has 0 aliphatic carbocycles. The highest BCUT2D eigenvalue weighted by molar-refractivity contribution is 7.82. The number of hydrogen-bond acceptors (Lipinski definition) is 6. The van der Waals surface area contributed by atoms with E-state index in [4.69, 9.17) is 9.32 Å². The Morgan fingerprint density at radius 3 is 2.16 bits per heavy atom. The van der Waals surface area contributed by atoms with Crippen molar-refractivity contribution in [3.8, 4) is 11.4 Å². The van der Waals surface area contributed by atoms with E-state index in [1.54, 1.807) is 0 Å². The van der Waals surface area contributed by atoms with Crippen LogP contribution in [0.2, 0.25) is 0 Å².